The van der Waals surface area contributed by atoms with Crippen molar-refractivity contribution in [3.63, 3.8) is 0 Å². The molecule has 0 amide bonds. The van der Waals surface area contributed by atoms with Gasteiger partial charge in [-0.1, -0.05) is 119 Å². The molecule has 0 aromatic heterocycles. The summed E-state index contributed by atoms with van der Waals surface area (Å²) in [7, 11) is 0. The van der Waals surface area contributed by atoms with Crippen LogP contribution in [0.25, 0.3) is 10.4 Å². The van der Waals surface area contributed by atoms with Crippen molar-refractivity contribution in [2.24, 2.45) is 5.11 Å². The monoisotopic (exact) mass is 432 g/mol. The molecule has 6 nitrogen and oxygen atoms in total. The molecule has 0 aliphatic heterocycles. The fourth-order valence-corrected chi connectivity index (χ4v) is 3.99. The Hall–Kier alpha value is -1.59. The van der Waals surface area contributed by atoms with Crippen molar-refractivity contribution in [2.75, 3.05) is 6.61 Å². The van der Waals surface area contributed by atoms with Gasteiger partial charge in [-0.25, -0.2) is 0 Å². The summed E-state index contributed by atoms with van der Waals surface area (Å²) in [6.07, 6.45) is 15.4. The SMILES string of the molecule is CCCCCCCCCCCCCC[C@H](NCc1ccccc1)[C@@H](O)[C@H](CO)N=[N+]=[N-]. The van der Waals surface area contributed by atoms with Gasteiger partial charge in [-0.15, -0.1) is 0 Å². The van der Waals surface area contributed by atoms with Crippen LogP contribution in [0.5, 0.6) is 0 Å². The third-order valence-electron chi connectivity index (χ3n) is 5.97. The predicted molar refractivity (Wildman–Crippen MR) is 129 cm³/mol. The van der Waals surface area contributed by atoms with Crippen LogP contribution < -0.4 is 5.32 Å². The first-order chi connectivity index (χ1) is 15.2. The second-order valence-electron chi connectivity index (χ2n) is 8.60. The maximum atomic E-state index is 10.7. The number of aliphatic hydroxyl groups excluding tert-OH is 2. The number of hydrogen-bond acceptors (Lipinski definition) is 4. The molecule has 0 fully saturated rings. The highest BCUT2D eigenvalue weighted by atomic mass is 16.3. The number of azide groups is 1. The van der Waals surface area contributed by atoms with Crippen LogP contribution in [0.4, 0.5) is 0 Å². The smallest absolute Gasteiger partial charge is 0.0879 e. The standard InChI is InChI=1S/C25H44N4O2/c1-2-3-4-5-6-7-8-9-10-11-12-16-19-23(25(31)24(21-30)28-29-26)27-20-22-17-14-13-15-18-22/h13-15,17-18,23-25,27,30-31H,2-12,16,19-21H2,1H3/t23-,24-,25+/m0/s1. The van der Waals surface area contributed by atoms with E-state index in [1.54, 1.807) is 0 Å². The summed E-state index contributed by atoms with van der Waals surface area (Å²) in [6, 6.07) is 9.00. The quantitative estimate of drug-likeness (QED) is 0.0979. The Morgan fingerprint density at radius 1 is 0.903 bits per heavy atom. The molecule has 0 heterocycles. The van der Waals surface area contributed by atoms with Crippen LogP contribution in [0, 0.1) is 0 Å². The zero-order chi connectivity index (χ0) is 22.6. The molecule has 31 heavy (non-hydrogen) atoms. The van der Waals surface area contributed by atoms with Gasteiger partial charge in [0.05, 0.1) is 18.8 Å². The number of benzene rings is 1. The number of nitrogens with zero attached hydrogens (tertiary/aromatic N) is 3. The van der Waals surface area contributed by atoms with Crippen molar-refractivity contribution in [1.82, 2.24) is 5.32 Å². The average Bonchev–Trinajstić information content (AvgIpc) is 2.80. The lowest BCUT2D eigenvalue weighted by Crippen LogP contribution is -2.46. The van der Waals surface area contributed by atoms with E-state index in [9.17, 15) is 10.2 Å². The normalized spacial score (nSPS) is 14.0. The van der Waals surface area contributed by atoms with Gasteiger partial charge in [0, 0.05) is 17.5 Å². The number of hydrogen-bond donors (Lipinski definition) is 3. The second kappa shape index (κ2) is 19.1. The minimum Gasteiger partial charge on any atom is -0.396 e. The molecular formula is C25H44N4O2. The minimum absolute atomic E-state index is 0.217. The molecule has 0 saturated carbocycles. The van der Waals surface area contributed by atoms with Gasteiger partial charge in [-0.05, 0) is 17.5 Å². The molecule has 6 heteroatoms. The van der Waals surface area contributed by atoms with Gasteiger partial charge < -0.3 is 15.5 Å². The van der Waals surface area contributed by atoms with Crippen molar-refractivity contribution < 1.29 is 10.2 Å². The summed E-state index contributed by atoms with van der Waals surface area (Å²) in [5, 5.41) is 27.1. The van der Waals surface area contributed by atoms with Gasteiger partial charge in [0.2, 0.25) is 0 Å². The van der Waals surface area contributed by atoms with Gasteiger partial charge in [0.25, 0.3) is 0 Å². The lowest BCUT2D eigenvalue weighted by molar-refractivity contribution is 0.0702. The second-order valence-corrected chi connectivity index (χ2v) is 8.60. The maximum Gasteiger partial charge on any atom is 0.0879 e. The highest BCUT2D eigenvalue weighted by Gasteiger charge is 2.26. The molecule has 3 N–H and O–H groups in total. The third kappa shape index (κ3) is 13.4. The summed E-state index contributed by atoms with van der Waals surface area (Å²) in [5.41, 5.74) is 9.85. The van der Waals surface area contributed by atoms with Crippen molar-refractivity contribution >= 4 is 0 Å². The van der Waals surface area contributed by atoms with Gasteiger partial charge >= 0.3 is 0 Å². The first-order valence-electron chi connectivity index (χ1n) is 12.3. The van der Waals surface area contributed by atoms with Gasteiger partial charge in [-0.3, -0.25) is 0 Å². The summed E-state index contributed by atoms with van der Waals surface area (Å²) >= 11 is 0. The fourth-order valence-electron chi connectivity index (χ4n) is 3.99. The molecule has 3 atom stereocenters. The lowest BCUT2D eigenvalue weighted by atomic mass is 9.97. The molecule has 1 rings (SSSR count). The summed E-state index contributed by atoms with van der Waals surface area (Å²) in [5.74, 6) is 0. The largest absolute Gasteiger partial charge is 0.396 e. The fraction of sp³-hybridized carbons (Fsp3) is 0.760. The molecule has 0 radical (unpaired) electrons. The van der Waals surface area contributed by atoms with E-state index in [4.69, 9.17) is 5.53 Å². The van der Waals surface area contributed by atoms with Gasteiger partial charge in [0.1, 0.15) is 0 Å². The summed E-state index contributed by atoms with van der Waals surface area (Å²) in [4.78, 5) is 2.77. The van der Waals surface area contributed by atoms with E-state index < -0.39 is 12.1 Å². The number of nitrogens with one attached hydrogen (secondary N) is 1. The zero-order valence-electron chi connectivity index (χ0n) is 19.5. The maximum absolute atomic E-state index is 10.7. The van der Waals surface area contributed by atoms with E-state index in [-0.39, 0.29) is 12.6 Å². The molecule has 0 bridgehead atoms. The Kier molecular flexibility index (Phi) is 16.9. The Morgan fingerprint density at radius 3 is 1.97 bits per heavy atom. The van der Waals surface area contributed by atoms with E-state index >= 15 is 0 Å². The van der Waals surface area contributed by atoms with Crippen LogP contribution in [0.2, 0.25) is 0 Å². The van der Waals surface area contributed by atoms with Crippen molar-refractivity contribution in [1.29, 1.82) is 0 Å². The summed E-state index contributed by atoms with van der Waals surface area (Å²) in [6.45, 7) is 2.54. The molecule has 0 aliphatic rings. The summed E-state index contributed by atoms with van der Waals surface area (Å²) < 4.78 is 0. The third-order valence-corrected chi connectivity index (χ3v) is 5.97. The van der Waals surface area contributed by atoms with Crippen LogP contribution in [0.1, 0.15) is 96.0 Å². The Balaban J connectivity index is 2.29. The van der Waals surface area contributed by atoms with Gasteiger partial charge in [0.15, 0.2) is 0 Å². The molecule has 0 spiro atoms. The van der Waals surface area contributed by atoms with Crippen LogP contribution in [-0.2, 0) is 6.54 Å². The highest BCUT2D eigenvalue weighted by Crippen LogP contribution is 2.16. The number of rotatable bonds is 20. The molecule has 0 aliphatic carbocycles. The highest BCUT2D eigenvalue weighted by molar-refractivity contribution is 5.14. The first-order valence-corrected chi connectivity index (χ1v) is 12.3. The van der Waals surface area contributed by atoms with E-state index in [2.05, 4.69) is 22.3 Å². The van der Waals surface area contributed by atoms with E-state index in [1.165, 1.54) is 64.2 Å². The molecule has 0 saturated heterocycles. The van der Waals surface area contributed by atoms with E-state index in [0.29, 0.717) is 6.54 Å². The molecule has 1 aromatic carbocycles. The average molecular weight is 433 g/mol. The van der Waals surface area contributed by atoms with Crippen LogP contribution in [-0.4, -0.2) is 35.0 Å². The molecule has 0 unspecified atom stereocenters. The van der Waals surface area contributed by atoms with Crippen molar-refractivity contribution in [3.8, 4) is 0 Å². The van der Waals surface area contributed by atoms with Crippen molar-refractivity contribution in [3.05, 3.63) is 46.3 Å². The van der Waals surface area contributed by atoms with Crippen molar-refractivity contribution in [2.45, 2.75) is 115 Å². The topological polar surface area (TPSA) is 101 Å². The lowest BCUT2D eigenvalue weighted by Gasteiger charge is -2.27. The first kappa shape index (κ1) is 27.4. The molecule has 1 aromatic rings. The molecular weight excluding hydrogens is 388 g/mol. The Morgan fingerprint density at radius 2 is 1.45 bits per heavy atom. The van der Waals surface area contributed by atoms with Crippen LogP contribution in [0.3, 0.4) is 0 Å². The molecule has 176 valence electrons. The predicted octanol–water partition coefficient (Wildman–Crippen LogP) is 6.27. The zero-order valence-corrected chi connectivity index (χ0v) is 19.5. The Labute approximate surface area is 189 Å². The Bertz CT molecular complexity index is 578. The van der Waals surface area contributed by atoms with E-state index in [1.807, 2.05) is 30.3 Å². The number of unbranched alkanes of at least 4 members (excludes halogenated alkanes) is 11. The number of aliphatic hydroxyl groups is 2. The minimum atomic E-state index is -0.905. The van der Waals surface area contributed by atoms with Gasteiger partial charge in [-0.2, -0.15) is 0 Å². The van der Waals surface area contributed by atoms with Crippen LogP contribution in [0.15, 0.2) is 35.4 Å². The van der Waals surface area contributed by atoms with Crippen LogP contribution >= 0.6 is 0 Å². The van der Waals surface area contributed by atoms with E-state index in [0.717, 1.165) is 24.8 Å².